The van der Waals surface area contributed by atoms with Crippen LogP contribution in [0.3, 0.4) is 0 Å². The summed E-state index contributed by atoms with van der Waals surface area (Å²) in [5, 5.41) is 2.80. The summed E-state index contributed by atoms with van der Waals surface area (Å²) in [4.78, 5) is 2.99. The molecule has 1 aliphatic carbocycles. The van der Waals surface area contributed by atoms with Gasteiger partial charge in [0.2, 0.25) is 0 Å². The molecule has 0 aliphatic heterocycles. The van der Waals surface area contributed by atoms with E-state index in [4.69, 9.17) is 0 Å². The second-order valence-corrected chi connectivity index (χ2v) is 12.9. The van der Waals surface area contributed by atoms with Gasteiger partial charge in [0, 0.05) is 30.3 Å². The van der Waals surface area contributed by atoms with E-state index in [0.717, 1.165) is 38.5 Å². The van der Waals surface area contributed by atoms with Gasteiger partial charge in [0.05, 0.1) is 0 Å². The Balaban J connectivity index is 1.12. The highest BCUT2D eigenvalue weighted by molar-refractivity contribution is 7.20. The van der Waals surface area contributed by atoms with Crippen molar-refractivity contribution in [1.29, 1.82) is 0 Å². The first-order valence-electron chi connectivity index (χ1n) is 14.0. The van der Waals surface area contributed by atoms with Gasteiger partial charge in [-0.2, -0.15) is 0 Å². The summed E-state index contributed by atoms with van der Waals surface area (Å²) in [6.07, 6.45) is 6.65. The molecule has 0 saturated heterocycles. The van der Waals surface area contributed by atoms with Crippen LogP contribution in [-0.4, -0.2) is 0 Å². The number of aryl methyl sites for hydroxylation is 6. The number of hydrogen-bond acceptors (Lipinski definition) is 2. The second kappa shape index (κ2) is 9.84. The maximum absolute atomic E-state index is 2.42. The lowest BCUT2D eigenvalue weighted by molar-refractivity contribution is 0.977. The van der Waals surface area contributed by atoms with Gasteiger partial charge in [0.25, 0.3) is 0 Å². The van der Waals surface area contributed by atoms with Crippen LogP contribution in [0.1, 0.15) is 45.9 Å². The van der Waals surface area contributed by atoms with Crippen LogP contribution in [0.25, 0.3) is 42.4 Å². The van der Waals surface area contributed by atoms with Gasteiger partial charge in [-0.1, -0.05) is 86.6 Å². The molecule has 1 aliphatic rings. The molecule has 0 spiro atoms. The smallest absolute Gasteiger partial charge is 0.0430 e. The molecule has 0 N–H and O–H groups in total. The molecule has 38 heavy (non-hydrogen) atoms. The summed E-state index contributed by atoms with van der Waals surface area (Å²) in [6.45, 7) is 4.44. The Labute approximate surface area is 233 Å². The third-order valence-electron chi connectivity index (χ3n) is 8.20. The highest BCUT2D eigenvalue weighted by Crippen LogP contribution is 2.56. The predicted molar refractivity (Wildman–Crippen MR) is 168 cm³/mol. The van der Waals surface area contributed by atoms with E-state index in [1.165, 1.54) is 74.4 Å². The molecule has 7 rings (SSSR count). The van der Waals surface area contributed by atoms with Crippen molar-refractivity contribution in [1.82, 2.24) is 0 Å². The molecule has 188 valence electrons. The van der Waals surface area contributed by atoms with Crippen LogP contribution in [0.4, 0.5) is 0 Å². The summed E-state index contributed by atoms with van der Waals surface area (Å²) in [5.74, 6) is 0. The van der Waals surface area contributed by atoms with E-state index in [1.807, 2.05) is 22.7 Å². The molecular weight excluding hydrogens is 497 g/mol. The molecular formula is C36H32S2. The fourth-order valence-electron chi connectivity index (χ4n) is 5.87. The summed E-state index contributed by atoms with van der Waals surface area (Å²) in [5.41, 5.74) is 11.6. The van der Waals surface area contributed by atoms with Gasteiger partial charge in [-0.25, -0.2) is 0 Å². The number of benzene rings is 4. The zero-order valence-corrected chi connectivity index (χ0v) is 23.8. The molecule has 0 saturated carbocycles. The molecule has 2 heteroatoms. The van der Waals surface area contributed by atoms with E-state index in [9.17, 15) is 0 Å². The van der Waals surface area contributed by atoms with E-state index in [1.54, 1.807) is 0 Å². The molecule has 0 bridgehead atoms. The predicted octanol–water partition coefficient (Wildman–Crippen LogP) is 10.5. The van der Waals surface area contributed by atoms with Gasteiger partial charge in [-0.05, 0) is 94.8 Å². The van der Waals surface area contributed by atoms with Crippen LogP contribution in [0.5, 0.6) is 0 Å². The maximum Gasteiger partial charge on any atom is 0.0430 e. The van der Waals surface area contributed by atoms with Crippen molar-refractivity contribution in [2.45, 2.75) is 52.4 Å². The standard InChI is InChI=1S/C36H32S2/c1-3-23-5-9-25(10-6-23)13-17-29-21-27-15-19-31-33(35(27)37-29)32-20-16-28-22-30(38-36(28)34(31)32)18-14-26-11-7-24(4-2)8-12-26/h5-12,15-16,19-22H,3-4,13-14,17-18H2,1-2H3. The van der Waals surface area contributed by atoms with Crippen molar-refractivity contribution in [2.75, 3.05) is 0 Å². The number of hydrogen-bond donors (Lipinski definition) is 0. The minimum absolute atomic E-state index is 1.11. The first kappa shape index (κ1) is 23.9. The van der Waals surface area contributed by atoms with Crippen LogP contribution < -0.4 is 0 Å². The van der Waals surface area contributed by atoms with Crippen molar-refractivity contribution in [3.63, 3.8) is 0 Å². The van der Waals surface area contributed by atoms with Crippen molar-refractivity contribution < 1.29 is 0 Å². The van der Waals surface area contributed by atoms with Gasteiger partial charge >= 0.3 is 0 Å². The van der Waals surface area contributed by atoms with Crippen LogP contribution in [0, 0.1) is 0 Å². The normalized spacial score (nSPS) is 12.1. The third kappa shape index (κ3) is 4.21. The Kier molecular flexibility index (Phi) is 6.18. The van der Waals surface area contributed by atoms with Crippen molar-refractivity contribution >= 4 is 42.8 Å². The average Bonchev–Trinajstić information content (AvgIpc) is 3.55. The van der Waals surface area contributed by atoms with Gasteiger partial charge in [0.15, 0.2) is 0 Å². The molecule has 0 atom stereocenters. The average molecular weight is 529 g/mol. The molecule has 2 heterocycles. The highest BCUT2D eigenvalue weighted by Gasteiger charge is 2.28. The fraction of sp³-hybridized carbons (Fsp3) is 0.222. The van der Waals surface area contributed by atoms with Gasteiger partial charge < -0.3 is 0 Å². The van der Waals surface area contributed by atoms with E-state index in [-0.39, 0.29) is 0 Å². The zero-order valence-electron chi connectivity index (χ0n) is 22.1. The molecule has 0 fully saturated rings. The number of fused-ring (bicyclic) bond motifs is 8. The van der Waals surface area contributed by atoms with Crippen molar-refractivity contribution in [3.8, 4) is 22.3 Å². The summed E-state index contributed by atoms with van der Waals surface area (Å²) < 4.78 is 2.94. The largest absolute Gasteiger partial charge is 0.140 e. The van der Waals surface area contributed by atoms with Crippen molar-refractivity contribution in [3.05, 3.63) is 117 Å². The SMILES string of the molecule is CCc1ccc(CCc2cc3ccc4c(c3s2)-c2ccc3cc(CCc5ccc(CC)cc5)sc3c2-4)cc1. The van der Waals surface area contributed by atoms with E-state index in [0.29, 0.717) is 0 Å². The molecule has 2 aromatic heterocycles. The monoisotopic (exact) mass is 528 g/mol. The zero-order chi connectivity index (χ0) is 25.6. The number of rotatable bonds is 8. The Morgan fingerprint density at radius 1 is 0.447 bits per heavy atom. The topological polar surface area (TPSA) is 0 Å². The second-order valence-electron chi connectivity index (χ2n) is 10.6. The Hall–Kier alpha value is -3.20. The van der Waals surface area contributed by atoms with Crippen molar-refractivity contribution in [2.24, 2.45) is 0 Å². The van der Waals surface area contributed by atoms with Gasteiger partial charge in [-0.3, -0.25) is 0 Å². The minimum atomic E-state index is 1.11. The first-order valence-corrected chi connectivity index (χ1v) is 15.6. The fourth-order valence-corrected chi connectivity index (χ4v) is 8.30. The van der Waals surface area contributed by atoms with E-state index in [2.05, 4.69) is 98.8 Å². The Bertz CT molecular complexity index is 1610. The maximum atomic E-state index is 2.42. The molecule has 0 unspecified atom stereocenters. The number of thiophene rings is 2. The van der Waals surface area contributed by atoms with E-state index >= 15 is 0 Å². The first-order chi connectivity index (χ1) is 18.7. The van der Waals surface area contributed by atoms with Crippen LogP contribution >= 0.6 is 22.7 Å². The molecule has 0 radical (unpaired) electrons. The van der Waals surface area contributed by atoms with Gasteiger partial charge in [-0.15, -0.1) is 22.7 Å². The summed E-state index contributed by atoms with van der Waals surface area (Å²) in [6, 6.07) is 32.6. The van der Waals surface area contributed by atoms with Crippen LogP contribution in [-0.2, 0) is 38.5 Å². The molecule has 6 aromatic rings. The minimum Gasteiger partial charge on any atom is -0.140 e. The highest BCUT2D eigenvalue weighted by atomic mass is 32.1. The van der Waals surface area contributed by atoms with Gasteiger partial charge in [0.1, 0.15) is 0 Å². The third-order valence-corrected chi connectivity index (χ3v) is 10.7. The summed E-state index contributed by atoms with van der Waals surface area (Å²) in [7, 11) is 0. The summed E-state index contributed by atoms with van der Waals surface area (Å²) >= 11 is 4.00. The van der Waals surface area contributed by atoms with Crippen LogP contribution in [0.2, 0.25) is 0 Å². The molecule has 0 nitrogen and oxygen atoms in total. The quantitative estimate of drug-likeness (QED) is 0.184. The molecule has 0 amide bonds. The molecule has 4 aromatic carbocycles. The lowest BCUT2D eigenvalue weighted by Crippen LogP contribution is -1.98. The Morgan fingerprint density at radius 2 is 0.842 bits per heavy atom. The van der Waals surface area contributed by atoms with Crippen LogP contribution in [0.15, 0.2) is 84.9 Å². The lowest BCUT2D eigenvalue weighted by atomic mass is 9.79. The Morgan fingerprint density at radius 3 is 1.24 bits per heavy atom. The van der Waals surface area contributed by atoms with E-state index < -0.39 is 0 Å². The lowest BCUT2D eigenvalue weighted by Gasteiger charge is -2.25.